The van der Waals surface area contributed by atoms with Gasteiger partial charge in [-0.2, -0.15) is 0 Å². The average molecular weight is 345 g/mol. The fourth-order valence-electron chi connectivity index (χ4n) is 2.55. The molecular weight excluding hydrogens is 328 g/mol. The van der Waals surface area contributed by atoms with Crippen molar-refractivity contribution in [1.29, 1.82) is 0 Å². The molecule has 108 valence electrons. The second-order valence-electron chi connectivity index (χ2n) is 5.33. The number of hydrogen-bond acceptors (Lipinski definition) is 2. The molecule has 1 atom stereocenters. The van der Waals surface area contributed by atoms with Gasteiger partial charge in [0.2, 0.25) is 0 Å². The van der Waals surface area contributed by atoms with Crippen LogP contribution in [0, 0.1) is 0 Å². The summed E-state index contributed by atoms with van der Waals surface area (Å²) in [4.78, 5) is 12.4. The van der Waals surface area contributed by atoms with Gasteiger partial charge in [0.25, 0.3) is 5.91 Å². The normalized spacial score (nSPS) is 14.6. The third-order valence-corrected chi connectivity index (χ3v) is 4.35. The van der Waals surface area contributed by atoms with E-state index in [0.29, 0.717) is 0 Å². The lowest BCUT2D eigenvalue weighted by Crippen LogP contribution is -2.26. The van der Waals surface area contributed by atoms with Crippen molar-refractivity contribution >= 4 is 21.8 Å². The molecule has 0 bridgehead atoms. The van der Waals surface area contributed by atoms with Crippen molar-refractivity contribution in [3.8, 4) is 0 Å². The van der Waals surface area contributed by atoms with E-state index in [0.717, 1.165) is 28.7 Å². The van der Waals surface area contributed by atoms with Crippen LogP contribution in [0.15, 0.2) is 46.9 Å². The molecule has 0 fully saturated rings. The minimum atomic E-state index is -0.0277. The molecule has 0 spiro atoms. The molecule has 2 N–H and O–H groups in total. The summed E-state index contributed by atoms with van der Waals surface area (Å²) in [7, 11) is 0. The molecular formula is C17H17BrN2O. The average Bonchev–Trinajstić information content (AvgIpc) is 2.95. The summed E-state index contributed by atoms with van der Waals surface area (Å²) in [6.07, 6.45) is 0. The smallest absolute Gasteiger partial charge is 0.251 e. The van der Waals surface area contributed by atoms with Gasteiger partial charge in [0.15, 0.2) is 0 Å². The van der Waals surface area contributed by atoms with Crippen molar-refractivity contribution in [2.24, 2.45) is 0 Å². The quantitative estimate of drug-likeness (QED) is 0.893. The van der Waals surface area contributed by atoms with Crippen LogP contribution in [0.1, 0.15) is 40.0 Å². The second-order valence-corrected chi connectivity index (χ2v) is 6.25. The zero-order chi connectivity index (χ0) is 14.8. The maximum Gasteiger partial charge on any atom is 0.251 e. The van der Waals surface area contributed by atoms with Crippen molar-refractivity contribution in [2.75, 3.05) is 0 Å². The molecule has 0 saturated carbocycles. The van der Waals surface area contributed by atoms with Crippen LogP contribution in [0.2, 0.25) is 0 Å². The zero-order valence-electron chi connectivity index (χ0n) is 11.8. The molecule has 21 heavy (non-hydrogen) atoms. The van der Waals surface area contributed by atoms with Crippen molar-refractivity contribution in [3.63, 3.8) is 0 Å². The summed E-state index contributed by atoms with van der Waals surface area (Å²) in [5, 5.41) is 6.34. The number of carbonyl (C=O) groups excluding carboxylic acids is 1. The van der Waals surface area contributed by atoms with Gasteiger partial charge in [0.1, 0.15) is 0 Å². The zero-order valence-corrected chi connectivity index (χ0v) is 13.4. The SMILES string of the molecule is CC(NC(=O)c1ccc2c(c1)CNC2)c1ccc(Br)cc1. The number of hydrogen-bond donors (Lipinski definition) is 2. The molecule has 0 radical (unpaired) electrons. The number of rotatable bonds is 3. The Labute approximate surface area is 132 Å². The maximum absolute atomic E-state index is 12.4. The molecule has 0 saturated heterocycles. The van der Waals surface area contributed by atoms with Crippen molar-refractivity contribution in [2.45, 2.75) is 26.1 Å². The van der Waals surface area contributed by atoms with Crippen LogP contribution in [0.5, 0.6) is 0 Å². The van der Waals surface area contributed by atoms with E-state index in [-0.39, 0.29) is 11.9 Å². The predicted octanol–water partition coefficient (Wildman–Crippen LogP) is 3.54. The van der Waals surface area contributed by atoms with Crippen LogP contribution in [-0.4, -0.2) is 5.91 Å². The first kappa shape index (κ1) is 14.3. The van der Waals surface area contributed by atoms with Gasteiger partial charge >= 0.3 is 0 Å². The number of nitrogens with one attached hydrogen (secondary N) is 2. The first-order chi connectivity index (χ1) is 10.1. The Morgan fingerprint density at radius 2 is 1.86 bits per heavy atom. The monoisotopic (exact) mass is 344 g/mol. The number of benzene rings is 2. The molecule has 1 amide bonds. The standard InChI is InChI=1S/C17H17BrN2O/c1-11(12-4-6-16(18)7-5-12)20-17(21)13-2-3-14-9-19-10-15(14)8-13/h2-8,11,19H,9-10H2,1H3,(H,20,21). The van der Waals surface area contributed by atoms with Crippen molar-refractivity contribution in [3.05, 3.63) is 69.2 Å². The van der Waals surface area contributed by atoms with Crippen LogP contribution < -0.4 is 10.6 Å². The third kappa shape index (κ3) is 3.17. The van der Waals surface area contributed by atoms with E-state index in [4.69, 9.17) is 0 Å². The van der Waals surface area contributed by atoms with Gasteiger partial charge in [-0.05, 0) is 47.9 Å². The highest BCUT2D eigenvalue weighted by Gasteiger charge is 2.15. The van der Waals surface area contributed by atoms with Crippen molar-refractivity contribution in [1.82, 2.24) is 10.6 Å². The van der Waals surface area contributed by atoms with Gasteiger partial charge in [-0.1, -0.05) is 34.1 Å². The fourth-order valence-corrected chi connectivity index (χ4v) is 2.82. The van der Waals surface area contributed by atoms with Crippen LogP contribution in [0.4, 0.5) is 0 Å². The Bertz CT molecular complexity index is 667. The van der Waals surface area contributed by atoms with Gasteiger partial charge in [0, 0.05) is 23.1 Å². The molecule has 1 aliphatic heterocycles. The van der Waals surface area contributed by atoms with Crippen LogP contribution >= 0.6 is 15.9 Å². The molecule has 1 aliphatic rings. The van der Waals surface area contributed by atoms with Crippen LogP contribution in [-0.2, 0) is 13.1 Å². The lowest BCUT2D eigenvalue weighted by molar-refractivity contribution is 0.0940. The Kier molecular flexibility index (Phi) is 4.08. The number of amides is 1. The number of halogens is 1. The molecule has 0 aromatic heterocycles. The van der Waals surface area contributed by atoms with Crippen molar-refractivity contribution < 1.29 is 4.79 Å². The highest BCUT2D eigenvalue weighted by Crippen LogP contribution is 2.19. The van der Waals surface area contributed by atoms with E-state index in [1.165, 1.54) is 11.1 Å². The lowest BCUT2D eigenvalue weighted by Gasteiger charge is -2.15. The molecule has 2 aromatic rings. The van der Waals surface area contributed by atoms with E-state index < -0.39 is 0 Å². The van der Waals surface area contributed by atoms with E-state index in [9.17, 15) is 4.79 Å². The first-order valence-electron chi connectivity index (χ1n) is 7.02. The minimum absolute atomic E-state index is 0.0167. The molecule has 4 heteroatoms. The first-order valence-corrected chi connectivity index (χ1v) is 7.81. The second kappa shape index (κ2) is 6.00. The molecule has 2 aromatic carbocycles. The fraction of sp³-hybridized carbons (Fsp3) is 0.235. The summed E-state index contributed by atoms with van der Waals surface area (Å²) in [5.74, 6) is -0.0277. The van der Waals surface area contributed by atoms with E-state index >= 15 is 0 Å². The number of carbonyl (C=O) groups is 1. The van der Waals surface area contributed by atoms with Gasteiger partial charge in [-0.3, -0.25) is 4.79 Å². The summed E-state index contributed by atoms with van der Waals surface area (Å²) in [6, 6.07) is 13.9. The Morgan fingerprint density at radius 3 is 2.62 bits per heavy atom. The van der Waals surface area contributed by atoms with E-state index in [1.807, 2.05) is 49.4 Å². The number of fused-ring (bicyclic) bond motifs is 1. The third-order valence-electron chi connectivity index (χ3n) is 3.82. The Balaban J connectivity index is 1.72. The highest BCUT2D eigenvalue weighted by molar-refractivity contribution is 9.10. The van der Waals surface area contributed by atoms with Gasteiger partial charge < -0.3 is 10.6 Å². The Hall–Kier alpha value is -1.65. The summed E-state index contributed by atoms with van der Waals surface area (Å²) < 4.78 is 1.04. The van der Waals surface area contributed by atoms with Crippen LogP contribution in [0.3, 0.4) is 0 Å². The molecule has 1 heterocycles. The Morgan fingerprint density at radius 1 is 1.14 bits per heavy atom. The van der Waals surface area contributed by atoms with E-state index in [2.05, 4.69) is 26.6 Å². The van der Waals surface area contributed by atoms with Gasteiger partial charge in [0.05, 0.1) is 6.04 Å². The van der Waals surface area contributed by atoms with Gasteiger partial charge in [-0.25, -0.2) is 0 Å². The topological polar surface area (TPSA) is 41.1 Å². The largest absolute Gasteiger partial charge is 0.346 e. The van der Waals surface area contributed by atoms with E-state index in [1.54, 1.807) is 0 Å². The molecule has 3 rings (SSSR count). The summed E-state index contributed by atoms with van der Waals surface area (Å²) in [5.41, 5.74) is 4.32. The maximum atomic E-state index is 12.4. The highest BCUT2D eigenvalue weighted by atomic mass is 79.9. The van der Waals surface area contributed by atoms with Gasteiger partial charge in [-0.15, -0.1) is 0 Å². The minimum Gasteiger partial charge on any atom is -0.346 e. The molecule has 1 unspecified atom stereocenters. The predicted molar refractivity (Wildman–Crippen MR) is 87.0 cm³/mol. The summed E-state index contributed by atoms with van der Waals surface area (Å²) in [6.45, 7) is 3.74. The molecule has 3 nitrogen and oxygen atoms in total. The van der Waals surface area contributed by atoms with Crippen LogP contribution in [0.25, 0.3) is 0 Å². The molecule has 0 aliphatic carbocycles. The summed E-state index contributed by atoms with van der Waals surface area (Å²) >= 11 is 3.42. The lowest BCUT2D eigenvalue weighted by atomic mass is 10.0.